The standard InChI is InChI=1S/C16H16F3N3O4S/c17-16(18,19)26-13-2-4-14(5-3-13)27(23,24)22-10-6-12(7-11-22)25-15-20-8-1-9-21-15/h1-5,8-9,12H,6-7,10-11H2. The van der Waals surface area contributed by atoms with Crippen LogP contribution in [0.25, 0.3) is 0 Å². The molecule has 2 heterocycles. The van der Waals surface area contributed by atoms with Crippen LogP contribution in [0.1, 0.15) is 12.8 Å². The Morgan fingerprint density at radius 3 is 2.19 bits per heavy atom. The molecule has 0 saturated carbocycles. The lowest BCUT2D eigenvalue weighted by atomic mass is 10.1. The van der Waals surface area contributed by atoms with E-state index in [9.17, 15) is 21.6 Å². The van der Waals surface area contributed by atoms with Gasteiger partial charge in [0.05, 0.1) is 4.90 Å². The predicted octanol–water partition coefficient (Wildman–Crippen LogP) is 2.61. The zero-order valence-corrected chi connectivity index (χ0v) is 14.8. The maximum atomic E-state index is 12.6. The van der Waals surface area contributed by atoms with E-state index < -0.39 is 22.1 Å². The summed E-state index contributed by atoms with van der Waals surface area (Å²) in [6.45, 7) is 0.446. The maximum absolute atomic E-state index is 12.6. The molecular formula is C16H16F3N3O4S. The molecule has 0 N–H and O–H groups in total. The van der Waals surface area contributed by atoms with Crippen LogP contribution in [0, 0.1) is 0 Å². The summed E-state index contributed by atoms with van der Waals surface area (Å²) in [5.74, 6) is -0.476. The summed E-state index contributed by atoms with van der Waals surface area (Å²) < 4.78 is 72.5. The summed E-state index contributed by atoms with van der Waals surface area (Å²) in [6.07, 6.45) is -1.03. The minimum Gasteiger partial charge on any atom is -0.460 e. The second-order valence-electron chi connectivity index (χ2n) is 5.77. The SMILES string of the molecule is O=S(=O)(c1ccc(OC(F)(F)F)cc1)N1CCC(Oc2ncccn2)CC1. The highest BCUT2D eigenvalue weighted by Crippen LogP contribution is 2.26. The molecule has 3 rings (SSSR count). The van der Waals surface area contributed by atoms with Crippen molar-refractivity contribution in [3.63, 3.8) is 0 Å². The lowest BCUT2D eigenvalue weighted by Gasteiger charge is -2.30. The molecule has 0 amide bonds. The minimum atomic E-state index is -4.83. The molecule has 1 saturated heterocycles. The molecule has 0 atom stereocenters. The number of piperidine rings is 1. The summed E-state index contributed by atoms with van der Waals surface area (Å²) in [4.78, 5) is 7.83. The topological polar surface area (TPSA) is 81.6 Å². The molecule has 1 aliphatic heterocycles. The molecule has 0 spiro atoms. The Balaban J connectivity index is 1.61. The van der Waals surface area contributed by atoms with Gasteiger partial charge >= 0.3 is 12.4 Å². The number of nitrogens with zero attached hydrogens (tertiary/aromatic N) is 3. The van der Waals surface area contributed by atoms with Crippen LogP contribution in [0.15, 0.2) is 47.6 Å². The fourth-order valence-electron chi connectivity index (χ4n) is 2.65. The Hall–Kier alpha value is -2.40. The van der Waals surface area contributed by atoms with Gasteiger partial charge in [0.1, 0.15) is 11.9 Å². The molecule has 11 heteroatoms. The fraction of sp³-hybridized carbons (Fsp3) is 0.375. The highest BCUT2D eigenvalue weighted by Gasteiger charge is 2.32. The number of halogens is 3. The molecule has 0 radical (unpaired) electrons. The molecule has 0 bridgehead atoms. The molecule has 1 fully saturated rings. The Kier molecular flexibility index (Phi) is 5.51. The Morgan fingerprint density at radius 1 is 1.04 bits per heavy atom. The Labute approximate surface area is 153 Å². The molecule has 0 unspecified atom stereocenters. The van der Waals surface area contributed by atoms with E-state index >= 15 is 0 Å². The smallest absolute Gasteiger partial charge is 0.460 e. The van der Waals surface area contributed by atoms with Crippen molar-refractivity contribution in [3.8, 4) is 11.8 Å². The van der Waals surface area contributed by atoms with E-state index in [4.69, 9.17) is 4.74 Å². The van der Waals surface area contributed by atoms with Crippen LogP contribution < -0.4 is 9.47 Å². The molecule has 2 aromatic rings. The maximum Gasteiger partial charge on any atom is 0.573 e. The van der Waals surface area contributed by atoms with Crippen molar-refractivity contribution < 1.29 is 31.1 Å². The fourth-order valence-corrected chi connectivity index (χ4v) is 4.12. The quantitative estimate of drug-likeness (QED) is 0.763. The second kappa shape index (κ2) is 7.69. The van der Waals surface area contributed by atoms with E-state index in [1.807, 2.05) is 0 Å². The predicted molar refractivity (Wildman–Crippen MR) is 87.6 cm³/mol. The average molecular weight is 403 g/mol. The number of benzene rings is 1. The van der Waals surface area contributed by atoms with Gasteiger partial charge in [-0.05, 0) is 43.2 Å². The van der Waals surface area contributed by atoms with Crippen molar-refractivity contribution in [3.05, 3.63) is 42.7 Å². The number of ether oxygens (including phenoxy) is 2. The number of rotatable bonds is 5. The largest absolute Gasteiger partial charge is 0.573 e. The third-order valence-electron chi connectivity index (χ3n) is 3.91. The van der Waals surface area contributed by atoms with Crippen molar-refractivity contribution in [2.75, 3.05) is 13.1 Å². The molecule has 7 nitrogen and oxygen atoms in total. The van der Waals surface area contributed by atoms with E-state index in [1.165, 1.54) is 4.31 Å². The van der Waals surface area contributed by atoms with Gasteiger partial charge in [0.2, 0.25) is 10.0 Å². The van der Waals surface area contributed by atoms with Crippen LogP contribution in [-0.2, 0) is 10.0 Å². The minimum absolute atomic E-state index is 0.0946. The average Bonchev–Trinajstić information content (AvgIpc) is 2.62. The van der Waals surface area contributed by atoms with Gasteiger partial charge in [-0.1, -0.05) is 0 Å². The summed E-state index contributed by atoms with van der Waals surface area (Å²) in [5, 5.41) is 0. The number of hydrogen-bond acceptors (Lipinski definition) is 6. The first-order chi connectivity index (χ1) is 12.7. The van der Waals surface area contributed by atoms with Gasteiger partial charge in [0.25, 0.3) is 0 Å². The molecule has 0 aliphatic carbocycles. The number of alkyl halides is 3. The van der Waals surface area contributed by atoms with Crippen molar-refractivity contribution in [2.45, 2.75) is 30.2 Å². The normalized spacial score (nSPS) is 16.9. The molecule has 1 aliphatic rings. The van der Waals surface area contributed by atoms with Gasteiger partial charge in [0, 0.05) is 25.5 Å². The highest BCUT2D eigenvalue weighted by molar-refractivity contribution is 7.89. The lowest BCUT2D eigenvalue weighted by molar-refractivity contribution is -0.274. The number of aromatic nitrogens is 2. The lowest BCUT2D eigenvalue weighted by Crippen LogP contribution is -2.41. The Bertz CT molecular complexity index is 853. The Morgan fingerprint density at radius 2 is 1.63 bits per heavy atom. The van der Waals surface area contributed by atoms with Crippen LogP contribution in [0.2, 0.25) is 0 Å². The van der Waals surface area contributed by atoms with Crippen LogP contribution in [0.4, 0.5) is 13.2 Å². The van der Waals surface area contributed by atoms with E-state index in [-0.39, 0.29) is 30.1 Å². The zero-order chi connectivity index (χ0) is 19.5. The van der Waals surface area contributed by atoms with Gasteiger partial charge in [-0.2, -0.15) is 4.31 Å². The summed E-state index contributed by atoms with van der Waals surface area (Å²) in [5.41, 5.74) is 0. The van der Waals surface area contributed by atoms with Crippen molar-refractivity contribution >= 4 is 10.0 Å². The van der Waals surface area contributed by atoms with Crippen LogP contribution in [-0.4, -0.2) is 48.2 Å². The van der Waals surface area contributed by atoms with E-state index in [0.29, 0.717) is 12.8 Å². The van der Waals surface area contributed by atoms with E-state index in [0.717, 1.165) is 24.3 Å². The van der Waals surface area contributed by atoms with Crippen LogP contribution >= 0.6 is 0 Å². The van der Waals surface area contributed by atoms with Crippen molar-refractivity contribution in [1.29, 1.82) is 0 Å². The van der Waals surface area contributed by atoms with E-state index in [1.54, 1.807) is 18.5 Å². The zero-order valence-electron chi connectivity index (χ0n) is 14.0. The summed E-state index contributed by atoms with van der Waals surface area (Å²) >= 11 is 0. The third-order valence-corrected chi connectivity index (χ3v) is 5.82. The summed E-state index contributed by atoms with van der Waals surface area (Å²) in [7, 11) is -3.81. The molecule has 27 heavy (non-hydrogen) atoms. The van der Waals surface area contributed by atoms with E-state index in [2.05, 4.69) is 14.7 Å². The molecule has 1 aromatic heterocycles. The monoisotopic (exact) mass is 403 g/mol. The van der Waals surface area contributed by atoms with Gasteiger partial charge in [-0.3, -0.25) is 0 Å². The van der Waals surface area contributed by atoms with Crippen molar-refractivity contribution in [2.24, 2.45) is 0 Å². The van der Waals surface area contributed by atoms with Gasteiger partial charge < -0.3 is 9.47 Å². The summed E-state index contributed by atoms with van der Waals surface area (Å²) in [6, 6.07) is 6.03. The first kappa shape index (κ1) is 19.4. The third kappa shape index (κ3) is 5.07. The first-order valence-corrected chi connectivity index (χ1v) is 9.48. The highest BCUT2D eigenvalue weighted by atomic mass is 32.2. The molecule has 146 valence electrons. The van der Waals surface area contributed by atoms with Gasteiger partial charge in [0.15, 0.2) is 0 Å². The molecular weight excluding hydrogens is 387 g/mol. The van der Waals surface area contributed by atoms with Crippen molar-refractivity contribution in [1.82, 2.24) is 14.3 Å². The number of hydrogen-bond donors (Lipinski definition) is 0. The van der Waals surface area contributed by atoms with Crippen LogP contribution in [0.5, 0.6) is 11.8 Å². The first-order valence-electron chi connectivity index (χ1n) is 8.04. The van der Waals surface area contributed by atoms with Gasteiger partial charge in [-0.25, -0.2) is 18.4 Å². The molecule has 1 aromatic carbocycles. The second-order valence-corrected chi connectivity index (χ2v) is 7.71. The van der Waals surface area contributed by atoms with Gasteiger partial charge in [-0.15, -0.1) is 13.2 Å². The number of sulfonamides is 1. The van der Waals surface area contributed by atoms with Crippen LogP contribution in [0.3, 0.4) is 0 Å².